The molecule has 4 aromatic heterocycles. The smallest absolute Gasteiger partial charge is 0.161 e. The van der Waals surface area contributed by atoms with E-state index in [0.717, 1.165) is 60.5 Å². The SMILES string of the molecule is CC1(C)CCC(C)(C)c2cc3c(cc21)c1ccccc1n3-c1cccc(-c2nc(-c3ccc4oc5ccccc5c4c3)c3c(n2)sc2ccccc23)c1. The largest absolute Gasteiger partial charge is 0.456 e. The van der Waals surface area contributed by atoms with Crippen LogP contribution in [0, 0.1) is 0 Å². The molecular weight excluding hydrogens is 667 g/mol. The number of furan rings is 1. The molecule has 0 radical (unpaired) electrons. The van der Waals surface area contributed by atoms with Crippen molar-refractivity contribution in [2.24, 2.45) is 0 Å². The van der Waals surface area contributed by atoms with Crippen LogP contribution >= 0.6 is 11.3 Å². The molecule has 1 aliphatic rings. The summed E-state index contributed by atoms with van der Waals surface area (Å²) < 4.78 is 9.86. The van der Waals surface area contributed by atoms with Crippen molar-refractivity contribution in [3.63, 3.8) is 0 Å². The average Bonchev–Trinajstić information content (AvgIpc) is 3.85. The summed E-state index contributed by atoms with van der Waals surface area (Å²) in [7, 11) is 0. The first-order valence-electron chi connectivity index (χ1n) is 18.5. The van der Waals surface area contributed by atoms with Crippen molar-refractivity contribution in [2.45, 2.75) is 51.4 Å². The van der Waals surface area contributed by atoms with E-state index in [0.29, 0.717) is 0 Å². The molecule has 6 aromatic carbocycles. The zero-order valence-electron chi connectivity index (χ0n) is 30.2. The maximum absolute atomic E-state index is 6.21. The zero-order chi connectivity index (χ0) is 35.6. The molecule has 4 heterocycles. The predicted molar refractivity (Wildman–Crippen MR) is 223 cm³/mol. The minimum atomic E-state index is 0.109. The van der Waals surface area contributed by atoms with Crippen molar-refractivity contribution in [3.8, 4) is 28.3 Å². The Morgan fingerprint density at radius 3 is 2.13 bits per heavy atom. The third-order valence-electron chi connectivity index (χ3n) is 11.9. The maximum Gasteiger partial charge on any atom is 0.161 e. The highest BCUT2D eigenvalue weighted by Gasteiger charge is 2.38. The average molecular weight is 704 g/mol. The summed E-state index contributed by atoms with van der Waals surface area (Å²) in [6.07, 6.45) is 2.37. The third-order valence-corrected chi connectivity index (χ3v) is 13.0. The second-order valence-electron chi connectivity index (χ2n) is 16.1. The highest BCUT2D eigenvalue weighted by molar-refractivity contribution is 7.25. The lowest BCUT2D eigenvalue weighted by molar-refractivity contribution is 0.332. The molecule has 0 aliphatic heterocycles. The first-order valence-corrected chi connectivity index (χ1v) is 19.4. The van der Waals surface area contributed by atoms with Crippen LogP contribution in [0.15, 0.2) is 132 Å². The number of hydrogen-bond donors (Lipinski definition) is 0. The first kappa shape index (κ1) is 30.8. The van der Waals surface area contributed by atoms with E-state index in [2.05, 4.69) is 148 Å². The van der Waals surface area contributed by atoms with E-state index in [-0.39, 0.29) is 10.8 Å². The van der Waals surface area contributed by atoms with Gasteiger partial charge in [0, 0.05) is 53.8 Å². The fourth-order valence-electron chi connectivity index (χ4n) is 8.93. The highest BCUT2D eigenvalue weighted by atomic mass is 32.1. The van der Waals surface area contributed by atoms with Crippen molar-refractivity contribution >= 4 is 75.4 Å². The normalized spacial score (nSPS) is 15.3. The van der Waals surface area contributed by atoms with Crippen LogP contribution in [-0.4, -0.2) is 14.5 Å². The predicted octanol–water partition coefficient (Wildman–Crippen LogP) is 13.5. The molecule has 256 valence electrons. The van der Waals surface area contributed by atoms with E-state index < -0.39 is 0 Å². The van der Waals surface area contributed by atoms with Crippen molar-refractivity contribution in [1.82, 2.24) is 14.5 Å². The Morgan fingerprint density at radius 2 is 1.28 bits per heavy atom. The monoisotopic (exact) mass is 703 g/mol. The number of para-hydroxylation sites is 2. The molecule has 1 aliphatic carbocycles. The molecule has 0 amide bonds. The molecule has 0 atom stereocenters. The molecule has 53 heavy (non-hydrogen) atoms. The fourth-order valence-corrected chi connectivity index (χ4v) is 10.0. The minimum Gasteiger partial charge on any atom is -0.456 e. The van der Waals surface area contributed by atoms with Gasteiger partial charge < -0.3 is 8.98 Å². The molecule has 0 saturated carbocycles. The summed E-state index contributed by atoms with van der Waals surface area (Å²) in [4.78, 5) is 11.7. The molecular formula is C48H37N3OS. The zero-order valence-corrected chi connectivity index (χ0v) is 31.0. The van der Waals surface area contributed by atoms with E-state index >= 15 is 0 Å². The number of hydrogen-bond acceptors (Lipinski definition) is 4. The summed E-state index contributed by atoms with van der Waals surface area (Å²) in [5.41, 5.74) is 11.5. The van der Waals surface area contributed by atoms with Crippen molar-refractivity contribution < 1.29 is 4.42 Å². The number of benzene rings is 6. The van der Waals surface area contributed by atoms with Crippen LogP contribution in [-0.2, 0) is 10.8 Å². The van der Waals surface area contributed by atoms with E-state index in [1.165, 1.54) is 55.9 Å². The summed E-state index contributed by atoms with van der Waals surface area (Å²) in [5.74, 6) is 0.721. The van der Waals surface area contributed by atoms with Gasteiger partial charge in [-0.05, 0) is 95.5 Å². The van der Waals surface area contributed by atoms with Crippen LogP contribution in [0.3, 0.4) is 0 Å². The van der Waals surface area contributed by atoms with E-state index in [1.54, 1.807) is 11.3 Å². The van der Waals surface area contributed by atoms with Crippen molar-refractivity contribution in [1.29, 1.82) is 0 Å². The molecule has 0 N–H and O–H groups in total. The topological polar surface area (TPSA) is 43.9 Å². The lowest BCUT2D eigenvalue weighted by atomic mass is 9.63. The molecule has 0 bridgehead atoms. The molecule has 11 rings (SSSR count). The molecule has 10 aromatic rings. The van der Waals surface area contributed by atoms with Crippen LogP contribution in [0.25, 0.3) is 92.4 Å². The van der Waals surface area contributed by atoms with Crippen LogP contribution in [0.1, 0.15) is 51.7 Å². The van der Waals surface area contributed by atoms with Gasteiger partial charge in [-0.15, -0.1) is 11.3 Å². The van der Waals surface area contributed by atoms with Crippen LogP contribution < -0.4 is 0 Å². The van der Waals surface area contributed by atoms with E-state index in [1.807, 2.05) is 12.1 Å². The van der Waals surface area contributed by atoms with Gasteiger partial charge in [0.15, 0.2) is 5.82 Å². The maximum atomic E-state index is 6.21. The Bertz CT molecular complexity index is 3140. The number of nitrogens with zero attached hydrogens (tertiary/aromatic N) is 3. The Kier molecular flexibility index (Phi) is 6.32. The molecule has 0 fully saturated rings. The van der Waals surface area contributed by atoms with E-state index in [4.69, 9.17) is 14.4 Å². The summed E-state index contributed by atoms with van der Waals surface area (Å²) in [6.45, 7) is 9.64. The van der Waals surface area contributed by atoms with Gasteiger partial charge in [-0.25, -0.2) is 9.97 Å². The highest BCUT2D eigenvalue weighted by Crippen LogP contribution is 2.49. The quantitative estimate of drug-likeness (QED) is 0.184. The molecule has 0 unspecified atom stereocenters. The number of fused-ring (bicyclic) bond motifs is 10. The summed E-state index contributed by atoms with van der Waals surface area (Å²) in [5, 5.41) is 7.06. The Hall–Kier alpha value is -5.78. The van der Waals surface area contributed by atoms with Gasteiger partial charge in [-0.2, -0.15) is 0 Å². The van der Waals surface area contributed by atoms with Gasteiger partial charge in [0.25, 0.3) is 0 Å². The van der Waals surface area contributed by atoms with Gasteiger partial charge >= 0.3 is 0 Å². The van der Waals surface area contributed by atoms with Crippen LogP contribution in [0.2, 0.25) is 0 Å². The second kappa shape index (κ2) is 10.9. The Labute approximate surface area is 311 Å². The van der Waals surface area contributed by atoms with Crippen LogP contribution in [0.4, 0.5) is 0 Å². The Morgan fingerprint density at radius 1 is 0.566 bits per heavy atom. The van der Waals surface area contributed by atoms with Gasteiger partial charge in [0.05, 0.1) is 16.7 Å². The number of rotatable bonds is 3. The second-order valence-corrected chi connectivity index (χ2v) is 17.1. The Balaban J connectivity index is 1.14. The summed E-state index contributed by atoms with van der Waals surface area (Å²) in [6, 6.07) is 45.9. The lowest BCUT2D eigenvalue weighted by Gasteiger charge is -2.42. The van der Waals surface area contributed by atoms with Gasteiger partial charge in [0.1, 0.15) is 16.0 Å². The fraction of sp³-hybridized carbons (Fsp3) is 0.167. The number of aromatic nitrogens is 3. The van der Waals surface area contributed by atoms with Gasteiger partial charge in [-0.1, -0.05) is 94.4 Å². The first-order chi connectivity index (χ1) is 25.7. The van der Waals surface area contributed by atoms with E-state index in [9.17, 15) is 0 Å². The minimum absolute atomic E-state index is 0.109. The summed E-state index contributed by atoms with van der Waals surface area (Å²) >= 11 is 1.73. The standard InChI is InChI=1S/C48H37N3OS/c1-47(2)22-23-48(3,4)37-27-39-34(26-36(37)47)31-14-5-8-17-38(31)51(39)30-13-11-12-29(24-30)45-49-44(43-33-16-7-10-19-42(33)53-46(43)50-45)28-20-21-41-35(25-28)32-15-6-9-18-40(32)52-41/h5-21,24-27H,22-23H2,1-4H3. The van der Waals surface area contributed by atoms with Crippen molar-refractivity contribution in [2.75, 3.05) is 0 Å². The number of thiophene rings is 1. The molecule has 0 spiro atoms. The molecule has 0 saturated heterocycles. The molecule has 5 heteroatoms. The lowest BCUT2D eigenvalue weighted by Crippen LogP contribution is -2.33. The third kappa shape index (κ3) is 4.53. The molecule has 4 nitrogen and oxygen atoms in total. The van der Waals surface area contributed by atoms with Gasteiger partial charge in [-0.3, -0.25) is 0 Å². The van der Waals surface area contributed by atoms with Gasteiger partial charge in [0.2, 0.25) is 0 Å². The van der Waals surface area contributed by atoms with Crippen LogP contribution in [0.5, 0.6) is 0 Å². The van der Waals surface area contributed by atoms with Crippen molar-refractivity contribution in [3.05, 3.63) is 139 Å².